The molecule has 1 aromatic heterocycles. The van der Waals surface area contributed by atoms with Gasteiger partial charge in [-0.1, -0.05) is 55.4 Å². The van der Waals surface area contributed by atoms with Crippen molar-refractivity contribution in [3.8, 4) is 5.75 Å². The third-order valence-corrected chi connectivity index (χ3v) is 8.14. The van der Waals surface area contributed by atoms with Crippen molar-refractivity contribution in [1.29, 1.82) is 0 Å². The summed E-state index contributed by atoms with van der Waals surface area (Å²) in [4.78, 5) is 28.8. The fourth-order valence-corrected chi connectivity index (χ4v) is 5.97. The van der Waals surface area contributed by atoms with Gasteiger partial charge in [-0.2, -0.15) is 0 Å². The molecule has 2 aromatic rings. The predicted molar refractivity (Wildman–Crippen MR) is 181 cm³/mol. The predicted octanol–water partition coefficient (Wildman–Crippen LogP) is 5.27. The Morgan fingerprint density at radius 2 is 1.79 bits per heavy atom. The van der Waals surface area contributed by atoms with E-state index in [2.05, 4.69) is 10.6 Å². The smallest absolute Gasteiger partial charge is 0.287 e. The molecule has 3 fully saturated rings. The maximum Gasteiger partial charge on any atom is 0.287 e. The van der Waals surface area contributed by atoms with Gasteiger partial charge in [0.2, 0.25) is 11.7 Å². The minimum Gasteiger partial charge on any atom is -0.491 e. The Hall–Kier alpha value is -2.77. The Kier molecular flexibility index (Phi) is 16.6. The Balaban J connectivity index is 0.00000121. The van der Waals surface area contributed by atoms with Crippen LogP contribution in [-0.2, 0) is 23.7 Å². The number of hydrogen-bond donors (Lipinski definition) is 2. The van der Waals surface area contributed by atoms with E-state index < -0.39 is 42.0 Å². The number of nitrogens with zero attached hydrogens (tertiary/aromatic N) is 1. The van der Waals surface area contributed by atoms with E-state index in [9.17, 15) is 14.0 Å². The second-order valence-corrected chi connectivity index (χ2v) is 11.3. The number of methoxy groups -OCH3 is 2. The van der Waals surface area contributed by atoms with Crippen LogP contribution in [0.3, 0.4) is 0 Å². The van der Waals surface area contributed by atoms with Crippen molar-refractivity contribution in [1.82, 2.24) is 15.5 Å². The number of rotatable bonds is 10. The highest BCUT2D eigenvalue weighted by atomic mass is 19.1. The fraction of sp³-hybridized carbons (Fsp3) is 0.714. The number of benzene rings is 1. The number of ether oxygens (including phenoxy) is 5. The summed E-state index contributed by atoms with van der Waals surface area (Å²) in [5.41, 5.74) is 1.15. The molecule has 4 heterocycles. The molecule has 0 aliphatic carbocycles. The second kappa shape index (κ2) is 19.3. The lowest BCUT2D eigenvalue weighted by molar-refractivity contribution is -0.227. The summed E-state index contributed by atoms with van der Waals surface area (Å²) in [6, 6.07) is 3.67. The maximum atomic E-state index is 15.0. The van der Waals surface area contributed by atoms with E-state index in [0.29, 0.717) is 36.5 Å². The summed E-state index contributed by atoms with van der Waals surface area (Å²) in [6.45, 7) is 20.1. The van der Waals surface area contributed by atoms with E-state index in [1.807, 2.05) is 61.5 Å². The minimum absolute atomic E-state index is 0.00477. The van der Waals surface area contributed by atoms with E-state index in [0.717, 1.165) is 18.5 Å². The van der Waals surface area contributed by atoms with Gasteiger partial charge in [-0.25, -0.2) is 4.39 Å². The summed E-state index contributed by atoms with van der Waals surface area (Å²) >= 11 is 0. The van der Waals surface area contributed by atoms with Crippen LogP contribution in [0.1, 0.15) is 77.9 Å². The summed E-state index contributed by atoms with van der Waals surface area (Å²) in [6.07, 6.45) is -1.96. The van der Waals surface area contributed by atoms with Crippen LogP contribution in [0.4, 0.5) is 4.39 Å². The van der Waals surface area contributed by atoms with Gasteiger partial charge in [0.15, 0.2) is 5.76 Å². The third kappa shape index (κ3) is 9.23. The van der Waals surface area contributed by atoms with Gasteiger partial charge in [0.05, 0.1) is 13.2 Å². The molecule has 0 spiro atoms. The first kappa shape index (κ1) is 40.4. The van der Waals surface area contributed by atoms with Crippen LogP contribution in [-0.4, -0.2) is 107 Å². The first-order valence-electron chi connectivity index (χ1n) is 17.1. The van der Waals surface area contributed by atoms with Crippen molar-refractivity contribution in [2.75, 3.05) is 53.7 Å². The SMILES string of the molecule is CC.CC.CC.COC1(OC)COC2C(F)CN(C(=O)[C@H](CC(C)C)NC(=O)c3oc4ccc(OC[C@@H]5CNCCO5)cc4c3C)C21. The molecule has 2 amide bonds. The minimum atomic E-state index is -1.40. The molecule has 0 radical (unpaired) electrons. The molecule has 11 nitrogen and oxygen atoms in total. The number of fused-ring (bicyclic) bond motifs is 2. The maximum absolute atomic E-state index is 15.0. The topological polar surface area (TPSA) is 121 Å². The van der Waals surface area contributed by atoms with Gasteiger partial charge in [-0.15, -0.1) is 0 Å². The zero-order valence-corrected chi connectivity index (χ0v) is 30.2. The number of aryl methyl sites for hydroxylation is 1. The quantitative estimate of drug-likeness (QED) is 0.327. The van der Waals surface area contributed by atoms with Crippen LogP contribution in [0.15, 0.2) is 22.6 Å². The highest BCUT2D eigenvalue weighted by Gasteiger charge is 2.62. The number of morpholine rings is 1. The van der Waals surface area contributed by atoms with Gasteiger partial charge in [-0.05, 0) is 37.5 Å². The normalized spacial score (nSPS) is 23.4. The van der Waals surface area contributed by atoms with Crippen LogP contribution in [0, 0.1) is 12.8 Å². The van der Waals surface area contributed by atoms with Crippen LogP contribution < -0.4 is 15.4 Å². The van der Waals surface area contributed by atoms with E-state index in [1.165, 1.54) is 19.1 Å². The van der Waals surface area contributed by atoms with E-state index in [-0.39, 0.29) is 30.9 Å². The summed E-state index contributed by atoms with van der Waals surface area (Å²) in [5.74, 6) is -1.43. The molecule has 3 saturated heterocycles. The molecule has 2 N–H and O–H groups in total. The van der Waals surface area contributed by atoms with Crippen molar-refractivity contribution in [3.63, 3.8) is 0 Å². The number of alkyl halides is 1. The Labute approximate surface area is 280 Å². The molecule has 268 valence electrons. The summed E-state index contributed by atoms with van der Waals surface area (Å²) in [5, 5.41) is 6.87. The van der Waals surface area contributed by atoms with Crippen LogP contribution >= 0.6 is 0 Å². The van der Waals surface area contributed by atoms with E-state index in [1.54, 1.807) is 19.1 Å². The Bertz CT molecular complexity index is 1240. The molecular formula is C35H58FN3O8. The molecule has 3 unspecified atom stereocenters. The standard InChI is InChI=1S/C29H40FN3O8.3C2H6/c1-16(2)10-22(28(35)33-13-21(30)25-26(33)29(36-4,37-5)15-40-25)32-27(34)24-17(3)20-11-18(6-7-23(20)41-24)39-14-19-12-31-8-9-38-19;3*1-2/h6-7,11,16,19,21-22,25-26,31H,8-10,12-15H2,1-5H3,(H,32,34);3*1-2H3/t19-,21?,22-,25?,26?;;;/m0.../s1. The van der Waals surface area contributed by atoms with Crippen molar-refractivity contribution in [3.05, 3.63) is 29.5 Å². The number of nitrogens with one attached hydrogen (secondary N) is 2. The lowest BCUT2D eigenvalue weighted by Crippen LogP contribution is -2.58. The monoisotopic (exact) mass is 667 g/mol. The van der Waals surface area contributed by atoms with E-state index >= 15 is 0 Å². The van der Waals surface area contributed by atoms with Crippen molar-refractivity contribution < 1.29 is 42.1 Å². The van der Waals surface area contributed by atoms with Crippen LogP contribution in [0.5, 0.6) is 5.75 Å². The molecule has 3 aliphatic rings. The zero-order chi connectivity index (χ0) is 35.3. The molecular weight excluding hydrogens is 609 g/mol. The van der Waals surface area contributed by atoms with E-state index in [4.69, 9.17) is 28.1 Å². The van der Waals surface area contributed by atoms with Gasteiger partial charge >= 0.3 is 0 Å². The number of carbonyl (C=O) groups excluding carboxylic acids is 2. The number of furan rings is 1. The number of likely N-dealkylation sites (tertiary alicyclic amines) is 1. The Morgan fingerprint density at radius 1 is 1.11 bits per heavy atom. The molecule has 1 aromatic carbocycles. The largest absolute Gasteiger partial charge is 0.491 e. The van der Waals surface area contributed by atoms with Gasteiger partial charge in [0, 0.05) is 38.3 Å². The van der Waals surface area contributed by atoms with Crippen molar-refractivity contribution >= 4 is 22.8 Å². The van der Waals surface area contributed by atoms with Gasteiger partial charge in [0.1, 0.15) is 55.0 Å². The number of hydrogen-bond acceptors (Lipinski definition) is 9. The number of carbonyl (C=O) groups is 2. The third-order valence-electron chi connectivity index (χ3n) is 8.14. The highest BCUT2D eigenvalue weighted by Crippen LogP contribution is 2.40. The van der Waals surface area contributed by atoms with Gasteiger partial charge < -0.3 is 43.6 Å². The number of amides is 2. The molecule has 12 heteroatoms. The summed E-state index contributed by atoms with van der Waals surface area (Å²) < 4.78 is 49.3. The first-order valence-corrected chi connectivity index (χ1v) is 17.1. The zero-order valence-electron chi connectivity index (χ0n) is 30.2. The second-order valence-electron chi connectivity index (χ2n) is 11.3. The molecule has 0 bridgehead atoms. The average molecular weight is 668 g/mol. The first-order chi connectivity index (χ1) is 22.7. The lowest BCUT2D eigenvalue weighted by Gasteiger charge is -2.37. The summed E-state index contributed by atoms with van der Waals surface area (Å²) in [7, 11) is 2.89. The highest BCUT2D eigenvalue weighted by molar-refractivity contribution is 6.01. The lowest BCUT2D eigenvalue weighted by atomic mass is 10.00. The molecule has 47 heavy (non-hydrogen) atoms. The van der Waals surface area contributed by atoms with Crippen molar-refractivity contribution in [2.45, 2.75) is 105 Å². The van der Waals surface area contributed by atoms with Crippen LogP contribution in [0.2, 0.25) is 0 Å². The van der Waals surface area contributed by atoms with Gasteiger partial charge in [-0.3, -0.25) is 9.59 Å². The van der Waals surface area contributed by atoms with Crippen LogP contribution in [0.25, 0.3) is 11.0 Å². The molecule has 0 saturated carbocycles. The fourth-order valence-electron chi connectivity index (χ4n) is 5.97. The number of halogens is 1. The Morgan fingerprint density at radius 3 is 2.38 bits per heavy atom. The molecule has 3 aliphatic heterocycles. The van der Waals surface area contributed by atoms with Gasteiger partial charge in [0.25, 0.3) is 5.91 Å². The van der Waals surface area contributed by atoms with Crippen molar-refractivity contribution in [2.24, 2.45) is 5.92 Å². The average Bonchev–Trinajstić information content (AvgIpc) is 3.77. The molecule has 5 rings (SSSR count). The molecule has 5 atom stereocenters.